The Labute approximate surface area is 371 Å². The smallest absolute Gasteiger partial charge is 0.0462 e. The van der Waals surface area contributed by atoms with E-state index >= 15 is 0 Å². The molecule has 10 aromatic rings. The molecule has 0 aliphatic carbocycles. The highest BCUT2D eigenvalue weighted by Crippen LogP contribution is 2.56. The second-order valence-electron chi connectivity index (χ2n) is 16.0. The van der Waals surface area contributed by atoms with Crippen LogP contribution < -0.4 is 4.90 Å². The molecule has 0 unspecified atom stereocenters. The molecule has 0 fully saturated rings. The van der Waals surface area contributed by atoms with Gasteiger partial charge in [-0.15, -0.1) is 0 Å². The van der Waals surface area contributed by atoms with E-state index in [-0.39, 0.29) is 0 Å². The van der Waals surface area contributed by atoms with Crippen molar-refractivity contribution >= 4 is 17.1 Å². The molecule has 0 saturated carbocycles. The zero-order valence-electron chi connectivity index (χ0n) is 35.2. The summed E-state index contributed by atoms with van der Waals surface area (Å²) >= 11 is 0. The van der Waals surface area contributed by atoms with E-state index in [1.54, 1.807) is 0 Å². The molecule has 10 rings (SSSR count). The predicted octanol–water partition coefficient (Wildman–Crippen LogP) is 16.9. The zero-order chi connectivity index (χ0) is 42.2. The fourth-order valence-electron chi connectivity index (χ4n) is 9.05. The topological polar surface area (TPSA) is 3.24 Å². The molecule has 0 bridgehead atoms. The number of rotatable bonds is 12. The molecular formula is C62H47N. The Kier molecular flexibility index (Phi) is 11.4. The molecule has 0 aromatic heterocycles. The molecule has 0 heterocycles. The van der Waals surface area contributed by atoms with Gasteiger partial charge in [0, 0.05) is 17.1 Å². The quantitative estimate of drug-likeness (QED) is 0.119. The summed E-state index contributed by atoms with van der Waals surface area (Å²) in [7, 11) is 0. The Morgan fingerprint density at radius 2 is 0.413 bits per heavy atom. The van der Waals surface area contributed by atoms with Gasteiger partial charge >= 0.3 is 0 Å². The minimum absolute atomic E-state index is 0.979. The van der Waals surface area contributed by atoms with Gasteiger partial charge in [0.1, 0.15) is 0 Å². The Morgan fingerprint density at radius 1 is 0.190 bits per heavy atom. The summed E-state index contributed by atoms with van der Waals surface area (Å²) in [5.74, 6) is 0. The minimum Gasteiger partial charge on any atom is -0.311 e. The van der Waals surface area contributed by atoms with Crippen LogP contribution in [-0.4, -0.2) is 0 Å². The first-order valence-corrected chi connectivity index (χ1v) is 21.9. The molecule has 0 aliphatic heterocycles. The van der Waals surface area contributed by atoms with Gasteiger partial charge in [-0.1, -0.05) is 224 Å². The maximum absolute atomic E-state index is 2.36. The van der Waals surface area contributed by atoms with E-state index < -0.39 is 0 Å². The molecule has 63 heavy (non-hydrogen) atoms. The molecule has 0 atom stereocenters. The number of nitrogens with zero attached hydrogens (tertiary/aromatic N) is 1. The summed E-state index contributed by atoms with van der Waals surface area (Å²) in [4.78, 5) is 2.33. The molecule has 0 amide bonds. The molecule has 0 aliphatic rings. The molecule has 1 nitrogen and oxygen atoms in total. The van der Waals surface area contributed by atoms with Crippen molar-refractivity contribution in [3.8, 4) is 66.8 Å². The Hall–Kier alpha value is -8.00. The summed E-state index contributed by atoms with van der Waals surface area (Å²) in [6.45, 7) is 0. The number of aryl methyl sites for hydroxylation is 2. The Bertz CT molecular complexity index is 2880. The lowest BCUT2D eigenvalue weighted by Crippen LogP contribution is -2.09. The van der Waals surface area contributed by atoms with E-state index in [0.717, 1.165) is 35.5 Å². The minimum atomic E-state index is 0.979. The van der Waals surface area contributed by atoms with Crippen molar-refractivity contribution in [1.29, 1.82) is 0 Å². The summed E-state index contributed by atoms with van der Waals surface area (Å²) in [5.41, 5.74) is 20.3. The van der Waals surface area contributed by atoms with Gasteiger partial charge in [-0.3, -0.25) is 0 Å². The third-order valence-electron chi connectivity index (χ3n) is 12.0. The van der Waals surface area contributed by atoms with Crippen LogP contribution in [0.5, 0.6) is 0 Å². The van der Waals surface area contributed by atoms with Crippen LogP contribution in [0.1, 0.15) is 11.1 Å². The van der Waals surface area contributed by atoms with Crippen LogP contribution in [-0.2, 0) is 12.8 Å². The van der Waals surface area contributed by atoms with Crippen molar-refractivity contribution in [1.82, 2.24) is 0 Å². The van der Waals surface area contributed by atoms with Crippen LogP contribution in [0.25, 0.3) is 66.8 Å². The van der Waals surface area contributed by atoms with Gasteiger partial charge in [-0.2, -0.15) is 0 Å². The first-order valence-electron chi connectivity index (χ1n) is 21.9. The fraction of sp³-hybridized carbons (Fsp3) is 0.0323. The normalized spacial score (nSPS) is 11.0. The lowest BCUT2D eigenvalue weighted by Gasteiger charge is -2.29. The van der Waals surface area contributed by atoms with Crippen LogP contribution in [0.15, 0.2) is 261 Å². The van der Waals surface area contributed by atoms with Gasteiger partial charge in [-0.25, -0.2) is 0 Å². The lowest BCUT2D eigenvalue weighted by molar-refractivity contribution is 0.960. The first kappa shape index (κ1) is 39.2. The molecule has 10 aromatic carbocycles. The molecule has 0 spiro atoms. The van der Waals surface area contributed by atoms with Crippen LogP contribution in [0.2, 0.25) is 0 Å². The van der Waals surface area contributed by atoms with Crippen molar-refractivity contribution in [3.05, 3.63) is 272 Å². The van der Waals surface area contributed by atoms with E-state index in [4.69, 9.17) is 0 Å². The van der Waals surface area contributed by atoms with Crippen LogP contribution in [0.4, 0.5) is 17.1 Å². The van der Waals surface area contributed by atoms with E-state index in [0.29, 0.717) is 0 Å². The fourth-order valence-corrected chi connectivity index (χ4v) is 9.05. The van der Waals surface area contributed by atoms with Gasteiger partial charge < -0.3 is 4.90 Å². The summed E-state index contributed by atoms with van der Waals surface area (Å²) < 4.78 is 0. The van der Waals surface area contributed by atoms with Crippen LogP contribution in [0, 0.1) is 0 Å². The average Bonchev–Trinajstić information content (AvgIpc) is 3.37. The number of para-hydroxylation sites is 2. The zero-order valence-corrected chi connectivity index (χ0v) is 35.2. The largest absolute Gasteiger partial charge is 0.311 e. The number of anilines is 3. The van der Waals surface area contributed by atoms with Gasteiger partial charge in [0.15, 0.2) is 0 Å². The maximum Gasteiger partial charge on any atom is 0.0462 e. The SMILES string of the molecule is c1ccc(CCc2ccc(-c3c(-c4ccccc4)c(-c4ccccc4)c(-c4ccc(N(c5ccccc5)c5ccccc5)cc4)c(-c4ccccc4)c3-c3ccccc3)cc2)cc1. The molecule has 0 saturated heterocycles. The van der Waals surface area contributed by atoms with Gasteiger partial charge in [0.25, 0.3) is 0 Å². The molecular weight excluding hydrogens is 759 g/mol. The number of hydrogen-bond donors (Lipinski definition) is 0. The van der Waals surface area contributed by atoms with E-state index in [2.05, 4.69) is 266 Å². The van der Waals surface area contributed by atoms with Gasteiger partial charge in [-0.05, 0) is 127 Å². The van der Waals surface area contributed by atoms with Crippen LogP contribution in [0.3, 0.4) is 0 Å². The van der Waals surface area contributed by atoms with E-state index in [1.165, 1.54) is 72.3 Å². The van der Waals surface area contributed by atoms with Gasteiger partial charge in [0.05, 0.1) is 0 Å². The van der Waals surface area contributed by atoms with E-state index in [1.807, 2.05) is 0 Å². The third-order valence-corrected chi connectivity index (χ3v) is 12.0. The maximum atomic E-state index is 2.36. The highest BCUT2D eigenvalue weighted by molar-refractivity contribution is 6.15. The highest BCUT2D eigenvalue weighted by atomic mass is 15.1. The molecule has 300 valence electrons. The summed E-state index contributed by atoms with van der Waals surface area (Å²) in [6, 6.07) is 94.7. The second kappa shape index (κ2) is 18.3. The first-order chi connectivity index (χ1) is 31.3. The third kappa shape index (κ3) is 8.25. The Morgan fingerprint density at radius 3 is 0.730 bits per heavy atom. The second-order valence-corrected chi connectivity index (χ2v) is 16.0. The van der Waals surface area contributed by atoms with Crippen LogP contribution >= 0.6 is 0 Å². The molecule has 0 radical (unpaired) electrons. The van der Waals surface area contributed by atoms with Crippen molar-refractivity contribution in [3.63, 3.8) is 0 Å². The molecule has 1 heteroatoms. The summed E-state index contributed by atoms with van der Waals surface area (Å²) in [5, 5.41) is 0. The highest BCUT2D eigenvalue weighted by Gasteiger charge is 2.29. The summed E-state index contributed by atoms with van der Waals surface area (Å²) in [6.07, 6.45) is 1.98. The van der Waals surface area contributed by atoms with Crippen molar-refractivity contribution < 1.29 is 0 Å². The standard InChI is InChI=1S/C62H47N/c1-8-22-46(23-9-1)36-37-47-38-40-52(41-39-47)61-57(48-24-10-2-11-25-48)59(50-28-14-4-15-29-50)62(60(51-30-16-5-17-31-51)58(61)49-26-12-3-13-27-49)53-42-44-56(45-43-53)63(54-32-18-6-19-33-54)55-34-20-7-21-35-55/h1-35,38-45H,36-37H2. The predicted molar refractivity (Wildman–Crippen MR) is 268 cm³/mol. The number of hydrogen-bond acceptors (Lipinski definition) is 1. The monoisotopic (exact) mass is 805 g/mol. The van der Waals surface area contributed by atoms with Crippen molar-refractivity contribution in [2.24, 2.45) is 0 Å². The average molecular weight is 806 g/mol. The van der Waals surface area contributed by atoms with E-state index in [9.17, 15) is 0 Å². The van der Waals surface area contributed by atoms with Crippen molar-refractivity contribution in [2.45, 2.75) is 12.8 Å². The lowest BCUT2D eigenvalue weighted by atomic mass is 9.74. The number of benzene rings is 10. The molecule has 0 N–H and O–H groups in total. The van der Waals surface area contributed by atoms with Gasteiger partial charge in [0.2, 0.25) is 0 Å². The Balaban J connectivity index is 1.28. The van der Waals surface area contributed by atoms with Crippen molar-refractivity contribution in [2.75, 3.05) is 4.90 Å².